The van der Waals surface area contributed by atoms with Crippen molar-refractivity contribution in [2.75, 3.05) is 6.61 Å². The zero-order valence-corrected chi connectivity index (χ0v) is 11.9. The molecule has 2 unspecified atom stereocenters. The second-order valence-corrected chi connectivity index (χ2v) is 6.22. The van der Waals surface area contributed by atoms with Crippen molar-refractivity contribution in [1.82, 2.24) is 0 Å². The first-order valence-corrected chi connectivity index (χ1v) is 7.94. The van der Waals surface area contributed by atoms with Crippen LogP contribution in [-0.2, 0) is 9.09 Å². The van der Waals surface area contributed by atoms with E-state index in [1.165, 1.54) is 6.21 Å². The van der Waals surface area contributed by atoms with Gasteiger partial charge < -0.3 is 14.6 Å². The molecule has 0 amide bonds. The molecule has 1 rings (SSSR count). The molecular weight excluding hydrogens is 265 g/mol. The monoisotopic (exact) mass is 285 g/mol. The molecule has 2 N–H and O–H groups in total. The van der Waals surface area contributed by atoms with Crippen molar-refractivity contribution in [3.8, 4) is 0 Å². The lowest BCUT2D eigenvalue weighted by molar-refractivity contribution is 0.247. The highest BCUT2D eigenvalue weighted by atomic mass is 31.2. The van der Waals surface area contributed by atoms with Gasteiger partial charge in [0.05, 0.1) is 12.3 Å². The van der Waals surface area contributed by atoms with Gasteiger partial charge in [0.1, 0.15) is 0 Å². The number of unbranched alkanes of at least 4 members (excludes halogenated alkanes) is 1. The summed E-state index contributed by atoms with van der Waals surface area (Å²) in [5, 5.41) is 11.4. The zero-order valence-electron chi connectivity index (χ0n) is 11.0. The molecule has 0 aliphatic carbocycles. The predicted octanol–water partition coefficient (Wildman–Crippen LogP) is 3.58. The summed E-state index contributed by atoms with van der Waals surface area (Å²) in [6, 6.07) is 8.96. The summed E-state index contributed by atoms with van der Waals surface area (Å²) in [7, 11) is -3.79. The highest BCUT2D eigenvalue weighted by Gasteiger charge is 2.33. The summed E-state index contributed by atoms with van der Waals surface area (Å²) in [4.78, 5) is 10.1. The van der Waals surface area contributed by atoms with Crippen molar-refractivity contribution < 1.29 is 19.2 Å². The second-order valence-electron chi connectivity index (χ2n) is 4.21. The van der Waals surface area contributed by atoms with E-state index in [0.717, 1.165) is 12.8 Å². The van der Waals surface area contributed by atoms with Gasteiger partial charge in [0.25, 0.3) is 0 Å². The van der Waals surface area contributed by atoms with E-state index >= 15 is 0 Å². The number of oxime groups is 1. The Labute approximate surface area is 113 Å². The maximum atomic E-state index is 12.3. The third kappa shape index (κ3) is 5.15. The Morgan fingerprint density at radius 2 is 2.11 bits per heavy atom. The van der Waals surface area contributed by atoms with Gasteiger partial charge in [-0.05, 0) is 12.0 Å². The largest absolute Gasteiger partial charge is 0.411 e. The van der Waals surface area contributed by atoms with Crippen LogP contribution < -0.4 is 0 Å². The molecule has 0 heterocycles. The van der Waals surface area contributed by atoms with E-state index < -0.39 is 13.3 Å². The lowest BCUT2D eigenvalue weighted by atomic mass is 10.1. The number of hydrogen-bond donors (Lipinski definition) is 2. The number of benzene rings is 1. The van der Waals surface area contributed by atoms with Gasteiger partial charge >= 0.3 is 7.60 Å². The summed E-state index contributed by atoms with van der Waals surface area (Å²) in [6.07, 6.45) is 3.00. The van der Waals surface area contributed by atoms with Crippen LogP contribution in [0.3, 0.4) is 0 Å². The van der Waals surface area contributed by atoms with Crippen LogP contribution in [0.5, 0.6) is 0 Å². The van der Waals surface area contributed by atoms with Gasteiger partial charge in [-0.3, -0.25) is 4.57 Å². The van der Waals surface area contributed by atoms with Crippen molar-refractivity contribution in [2.24, 2.45) is 5.16 Å². The van der Waals surface area contributed by atoms with Crippen LogP contribution >= 0.6 is 7.60 Å². The molecule has 1 aromatic rings. The van der Waals surface area contributed by atoms with Gasteiger partial charge in [0, 0.05) is 12.6 Å². The zero-order chi connectivity index (χ0) is 14.1. The maximum absolute atomic E-state index is 12.3. The normalized spacial score (nSPS) is 16.3. The molecule has 1 aromatic carbocycles. The molecule has 6 heteroatoms. The smallest absolute Gasteiger partial charge is 0.335 e. The van der Waals surface area contributed by atoms with Crippen LogP contribution in [0.2, 0.25) is 0 Å². The van der Waals surface area contributed by atoms with Gasteiger partial charge in [0.15, 0.2) is 0 Å². The highest BCUT2D eigenvalue weighted by molar-refractivity contribution is 7.53. The van der Waals surface area contributed by atoms with E-state index in [9.17, 15) is 9.46 Å². The first-order chi connectivity index (χ1) is 9.11. The molecule has 0 saturated heterocycles. The Balaban J connectivity index is 2.87. The van der Waals surface area contributed by atoms with Gasteiger partial charge in [-0.15, -0.1) is 5.16 Å². The molecule has 19 heavy (non-hydrogen) atoms. The van der Waals surface area contributed by atoms with E-state index in [0.29, 0.717) is 5.56 Å². The SMILES string of the molecule is CCCCOP(=O)(O)C(CC=NO)c1ccccc1. The Morgan fingerprint density at radius 1 is 1.42 bits per heavy atom. The summed E-state index contributed by atoms with van der Waals surface area (Å²) in [5.41, 5.74) is -0.00816. The predicted molar refractivity (Wildman–Crippen MR) is 74.8 cm³/mol. The molecule has 0 saturated carbocycles. The minimum atomic E-state index is -3.79. The van der Waals surface area contributed by atoms with Crippen molar-refractivity contribution >= 4 is 13.8 Å². The van der Waals surface area contributed by atoms with Crippen LogP contribution in [-0.4, -0.2) is 22.9 Å². The van der Waals surface area contributed by atoms with Gasteiger partial charge in [-0.1, -0.05) is 43.7 Å². The Morgan fingerprint density at radius 3 is 2.68 bits per heavy atom. The molecule has 0 aromatic heterocycles. The van der Waals surface area contributed by atoms with Crippen LogP contribution in [0.25, 0.3) is 0 Å². The number of hydrogen-bond acceptors (Lipinski definition) is 4. The second kappa shape index (κ2) is 8.10. The minimum absolute atomic E-state index is 0.153. The number of nitrogens with zero attached hydrogens (tertiary/aromatic N) is 1. The fourth-order valence-corrected chi connectivity index (χ4v) is 3.19. The van der Waals surface area contributed by atoms with Crippen molar-refractivity contribution in [2.45, 2.75) is 31.8 Å². The summed E-state index contributed by atoms with van der Waals surface area (Å²) >= 11 is 0. The van der Waals surface area contributed by atoms with Crippen LogP contribution in [0.4, 0.5) is 0 Å². The fraction of sp³-hybridized carbons (Fsp3) is 0.462. The molecule has 0 aliphatic rings. The van der Waals surface area contributed by atoms with Crippen LogP contribution in [0, 0.1) is 0 Å². The Bertz CT molecular complexity index is 436. The van der Waals surface area contributed by atoms with Gasteiger partial charge in [0.2, 0.25) is 0 Å². The van der Waals surface area contributed by atoms with Gasteiger partial charge in [-0.25, -0.2) is 0 Å². The number of rotatable bonds is 8. The third-order valence-corrected chi connectivity index (χ3v) is 4.61. The summed E-state index contributed by atoms with van der Waals surface area (Å²) < 4.78 is 17.4. The minimum Gasteiger partial charge on any atom is -0.411 e. The molecule has 0 aliphatic heterocycles. The molecule has 106 valence electrons. The van der Waals surface area contributed by atoms with E-state index in [1.54, 1.807) is 24.3 Å². The quantitative estimate of drug-likeness (QED) is 0.251. The van der Waals surface area contributed by atoms with E-state index in [2.05, 4.69) is 5.16 Å². The van der Waals surface area contributed by atoms with E-state index in [4.69, 9.17) is 9.73 Å². The first-order valence-electron chi connectivity index (χ1n) is 6.29. The molecule has 5 nitrogen and oxygen atoms in total. The van der Waals surface area contributed by atoms with Crippen molar-refractivity contribution in [3.63, 3.8) is 0 Å². The average Bonchev–Trinajstić information content (AvgIpc) is 2.40. The fourth-order valence-electron chi connectivity index (χ4n) is 1.71. The molecule has 0 bridgehead atoms. The molecule has 0 spiro atoms. The Hall–Kier alpha value is -1.16. The molecular formula is C13H20NO4P. The maximum Gasteiger partial charge on any atom is 0.335 e. The van der Waals surface area contributed by atoms with Crippen molar-refractivity contribution in [1.29, 1.82) is 0 Å². The summed E-state index contributed by atoms with van der Waals surface area (Å²) in [5.74, 6) is 0. The first kappa shape index (κ1) is 15.9. The van der Waals surface area contributed by atoms with E-state index in [1.807, 2.05) is 13.0 Å². The van der Waals surface area contributed by atoms with Gasteiger partial charge in [-0.2, -0.15) is 0 Å². The summed E-state index contributed by atoms with van der Waals surface area (Å²) in [6.45, 7) is 2.24. The van der Waals surface area contributed by atoms with E-state index in [-0.39, 0.29) is 13.0 Å². The highest BCUT2D eigenvalue weighted by Crippen LogP contribution is 2.57. The lowest BCUT2D eigenvalue weighted by Gasteiger charge is -2.21. The molecule has 0 fully saturated rings. The molecule has 2 atom stereocenters. The van der Waals surface area contributed by atoms with Crippen LogP contribution in [0.15, 0.2) is 35.5 Å². The van der Waals surface area contributed by atoms with Crippen molar-refractivity contribution in [3.05, 3.63) is 35.9 Å². The third-order valence-electron chi connectivity index (χ3n) is 2.76. The lowest BCUT2D eigenvalue weighted by Crippen LogP contribution is -2.05. The van der Waals surface area contributed by atoms with Crippen LogP contribution in [0.1, 0.15) is 37.4 Å². The average molecular weight is 285 g/mol. The standard InChI is InChI=1S/C13H20NO4P/c1-2-3-11-18-19(16,17)13(9-10-14-15)12-7-5-4-6-8-12/h4-8,10,13,15H,2-3,9,11H2,1H3,(H,16,17). The topological polar surface area (TPSA) is 79.1 Å². The molecule has 0 radical (unpaired) electrons. The Kier molecular flexibility index (Phi) is 6.78.